The Labute approximate surface area is 111 Å². The van der Waals surface area contributed by atoms with Gasteiger partial charge in [0, 0.05) is 18.6 Å². The van der Waals surface area contributed by atoms with Gasteiger partial charge in [-0.05, 0) is 43.2 Å². The normalized spacial score (nSPS) is 12.5. The van der Waals surface area contributed by atoms with Crippen molar-refractivity contribution in [1.29, 1.82) is 0 Å². The van der Waals surface area contributed by atoms with E-state index in [4.69, 9.17) is 0 Å². The van der Waals surface area contributed by atoms with Crippen LogP contribution in [-0.4, -0.2) is 19.6 Å². The summed E-state index contributed by atoms with van der Waals surface area (Å²) in [5, 5.41) is 7.71. The summed E-state index contributed by atoms with van der Waals surface area (Å²) in [7, 11) is 0. The van der Waals surface area contributed by atoms with Crippen LogP contribution in [0.3, 0.4) is 0 Å². The van der Waals surface area contributed by atoms with Crippen LogP contribution in [0.25, 0.3) is 5.65 Å². The number of fused-ring (bicyclic) bond motifs is 1. The highest BCUT2D eigenvalue weighted by molar-refractivity contribution is 5.45. The Morgan fingerprint density at radius 3 is 2.74 bits per heavy atom. The van der Waals surface area contributed by atoms with Crippen molar-refractivity contribution in [3.63, 3.8) is 0 Å². The van der Waals surface area contributed by atoms with E-state index in [0.29, 0.717) is 5.95 Å². The summed E-state index contributed by atoms with van der Waals surface area (Å²) in [4.78, 5) is 8.46. The third-order valence-electron chi connectivity index (χ3n) is 3.03. The lowest BCUT2D eigenvalue weighted by Gasteiger charge is -2.11. The summed E-state index contributed by atoms with van der Waals surface area (Å²) in [6.45, 7) is 4.11. The molecule has 0 aliphatic heterocycles. The zero-order chi connectivity index (χ0) is 13.2. The van der Waals surface area contributed by atoms with Gasteiger partial charge in [-0.15, -0.1) is 5.10 Å². The first-order valence-electron chi connectivity index (χ1n) is 6.22. The molecule has 3 aromatic heterocycles. The van der Waals surface area contributed by atoms with E-state index in [1.807, 2.05) is 37.4 Å². The molecular formula is C14H15N5. The Hall–Kier alpha value is -2.43. The lowest BCUT2D eigenvalue weighted by Crippen LogP contribution is -2.07. The number of pyridine rings is 2. The highest BCUT2D eigenvalue weighted by Gasteiger charge is 2.08. The van der Waals surface area contributed by atoms with Crippen LogP contribution in [-0.2, 0) is 0 Å². The molecule has 5 nitrogen and oxygen atoms in total. The molecule has 0 spiro atoms. The quantitative estimate of drug-likeness (QED) is 0.779. The molecule has 19 heavy (non-hydrogen) atoms. The fraction of sp³-hybridized carbons (Fsp3) is 0.214. The van der Waals surface area contributed by atoms with E-state index in [1.54, 1.807) is 16.9 Å². The first-order chi connectivity index (χ1) is 9.22. The topological polar surface area (TPSA) is 55.1 Å². The van der Waals surface area contributed by atoms with Gasteiger partial charge in [0.05, 0.1) is 6.04 Å². The number of hydrogen-bond donors (Lipinski definition) is 1. The minimum absolute atomic E-state index is 0.140. The summed E-state index contributed by atoms with van der Waals surface area (Å²) in [6, 6.07) is 8.10. The maximum atomic E-state index is 4.44. The fourth-order valence-corrected chi connectivity index (χ4v) is 1.98. The van der Waals surface area contributed by atoms with E-state index in [1.165, 1.54) is 0 Å². The average molecular weight is 253 g/mol. The van der Waals surface area contributed by atoms with E-state index < -0.39 is 0 Å². The number of hydrogen-bond acceptors (Lipinski definition) is 4. The molecule has 0 aliphatic carbocycles. The second-order valence-corrected chi connectivity index (χ2v) is 4.59. The van der Waals surface area contributed by atoms with Crippen LogP contribution in [0.1, 0.15) is 24.1 Å². The lowest BCUT2D eigenvalue weighted by atomic mass is 10.1. The molecule has 1 unspecified atom stereocenters. The highest BCUT2D eigenvalue weighted by Crippen LogP contribution is 2.16. The van der Waals surface area contributed by atoms with Gasteiger partial charge in [-0.25, -0.2) is 4.52 Å². The summed E-state index contributed by atoms with van der Waals surface area (Å²) >= 11 is 0. The molecule has 1 atom stereocenters. The molecule has 0 saturated carbocycles. The van der Waals surface area contributed by atoms with Crippen molar-refractivity contribution in [3.8, 4) is 0 Å². The van der Waals surface area contributed by atoms with E-state index in [-0.39, 0.29) is 6.04 Å². The maximum absolute atomic E-state index is 4.44. The first-order valence-corrected chi connectivity index (χ1v) is 6.22. The van der Waals surface area contributed by atoms with Crippen LogP contribution in [0.4, 0.5) is 5.95 Å². The maximum Gasteiger partial charge on any atom is 0.243 e. The Kier molecular flexibility index (Phi) is 2.87. The van der Waals surface area contributed by atoms with Gasteiger partial charge in [-0.2, -0.15) is 4.98 Å². The molecule has 0 bridgehead atoms. The first kappa shape index (κ1) is 11.6. The van der Waals surface area contributed by atoms with Gasteiger partial charge in [0.25, 0.3) is 0 Å². The molecular weight excluding hydrogens is 238 g/mol. The lowest BCUT2D eigenvalue weighted by molar-refractivity contribution is 0.849. The van der Waals surface area contributed by atoms with Gasteiger partial charge in [0.1, 0.15) is 0 Å². The molecule has 96 valence electrons. The van der Waals surface area contributed by atoms with Crippen molar-refractivity contribution in [2.45, 2.75) is 19.9 Å². The molecule has 5 heteroatoms. The smallest absolute Gasteiger partial charge is 0.243 e. The molecule has 3 aromatic rings. The van der Waals surface area contributed by atoms with Crippen LogP contribution in [0.15, 0.2) is 42.9 Å². The Balaban J connectivity index is 1.85. The van der Waals surface area contributed by atoms with Gasteiger partial charge >= 0.3 is 0 Å². The van der Waals surface area contributed by atoms with Crippen molar-refractivity contribution in [2.24, 2.45) is 0 Å². The number of nitrogens with zero attached hydrogens (tertiary/aromatic N) is 4. The molecule has 0 saturated heterocycles. The van der Waals surface area contributed by atoms with E-state index >= 15 is 0 Å². The molecule has 0 aliphatic rings. The predicted octanol–water partition coefficient (Wildman–Crippen LogP) is 2.61. The van der Waals surface area contributed by atoms with E-state index in [2.05, 4.69) is 27.3 Å². The van der Waals surface area contributed by atoms with Crippen molar-refractivity contribution >= 4 is 11.6 Å². The summed E-state index contributed by atoms with van der Waals surface area (Å²) in [5.74, 6) is 0.634. The zero-order valence-electron chi connectivity index (χ0n) is 10.9. The molecule has 0 amide bonds. The Morgan fingerprint density at radius 1 is 1.16 bits per heavy atom. The summed E-state index contributed by atoms with van der Waals surface area (Å²) in [6.07, 6.45) is 5.53. The largest absolute Gasteiger partial charge is 0.346 e. The molecule has 0 fully saturated rings. The van der Waals surface area contributed by atoms with E-state index in [9.17, 15) is 0 Å². The van der Waals surface area contributed by atoms with E-state index in [0.717, 1.165) is 16.8 Å². The van der Waals surface area contributed by atoms with Gasteiger partial charge in [-0.3, -0.25) is 4.98 Å². The standard InChI is InChI=1S/C14H15N5/c1-10-3-4-13-17-14(18-19(13)9-10)16-11(2)12-5-7-15-8-6-12/h3-9,11H,1-2H3,(H,16,18). The second-order valence-electron chi connectivity index (χ2n) is 4.59. The SMILES string of the molecule is Cc1ccc2nc(NC(C)c3ccncc3)nn2c1. The number of rotatable bonds is 3. The van der Waals surface area contributed by atoms with Crippen LogP contribution in [0.2, 0.25) is 0 Å². The van der Waals surface area contributed by atoms with Gasteiger partial charge in [0.15, 0.2) is 5.65 Å². The van der Waals surface area contributed by atoms with Crippen molar-refractivity contribution < 1.29 is 0 Å². The van der Waals surface area contributed by atoms with Crippen molar-refractivity contribution in [2.75, 3.05) is 5.32 Å². The number of anilines is 1. The Morgan fingerprint density at radius 2 is 1.95 bits per heavy atom. The van der Waals surface area contributed by atoms with Crippen molar-refractivity contribution in [1.82, 2.24) is 19.6 Å². The Bertz CT molecular complexity index is 689. The number of nitrogens with one attached hydrogen (secondary N) is 1. The summed E-state index contributed by atoms with van der Waals surface area (Å²) < 4.78 is 1.79. The van der Waals surface area contributed by atoms with Gasteiger partial charge in [-0.1, -0.05) is 6.07 Å². The zero-order valence-corrected chi connectivity index (χ0v) is 10.9. The fourth-order valence-electron chi connectivity index (χ4n) is 1.98. The monoisotopic (exact) mass is 253 g/mol. The predicted molar refractivity (Wildman–Crippen MR) is 74.0 cm³/mol. The molecule has 1 N–H and O–H groups in total. The average Bonchev–Trinajstić information content (AvgIpc) is 2.81. The second kappa shape index (κ2) is 4.68. The van der Waals surface area contributed by atoms with Crippen LogP contribution < -0.4 is 5.32 Å². The highest BCUT2D eigenvalue weighted by atomic mass is 15.3. The third kappa shape index (κ3) is 2.40. The van der Waals surface area contributed by atoms with Gasteiger partial charge in [0.2, 0.25) is 5.95 Å². The molecule has 3 rings (SSSR count). The van der Waals surface area contributed by atoms with Crippen LogP contribution in [0.5, 0.6) is 0 Å². The molecule has 0 radical (unpaired) electrons. The minimum atomic E-state index is 0.140. The molecule has 0 aromatic carbocycles. The summed E-state index contributed by atoms with van der Waals surface area (Å²) in [5.41, 5.74) is 3.16. The van der Waals surface area contributed by atoms with Crippen molar-refractivity contribution in [3.05, 3.63) is 54.0 Å². The number of aryl methyl sites for hydroxylation is 1. The number of aromatic nitrogens is 4. The van der Waals surface area contributed by atoms with Crippen LogP contribution >= 0.6 is 0 Å². The molecule has 3 heterocycles. The minimum Gasteiger partial charge on any atom is -0.346 e. The van der Waals surface area contributed by atoms with Gasteiger partial charge < -0.3 is 5.32 Å². The van der Waals surface area contributed by atoms with Crippen LogP contribution in [0, 0.1) is 6.92 Å². The third-order valence-corrected chi connectivity index (χ3v) is 3.03.